The van der Waals surface area contributed by atoms with E-state index in [1.807, 2.05) is 18.2 Å². The van der Waals surface area contributed by atoms with E-state index in [4.69, 9.17) is 14.2 Å². The topological polar surface area (TPSA) is 56.8 Å². The molecule has 1 aliphatic heterocycles. The summed E-state index contributed by atoms with van der Waals surface area (Å²) >= 11 is 0. The van der Waals surface area contributed by atoms with Crippen LogP contribution in [0.25, 0.3) is 0 Å². The van der Waals surface area contributed by atoms with Crippen LogP contribution in [0, 0.1) is 5.82 Å². The molecule has 0 spiro atoms. The summed E-state index contributed by atoms with van der Waals surface area (Å²) in [6.07, 6.45) is 1.57. The molecule has 27 heavy (non-hydrogen) atoms. The van der Waals surface area contributed by atoms with Crippen molar-refractivity contribution < 1.29 is 23.4 Å². The summed E-state index contributed by atoms with van der Waals surface area (Å²) in [6.45, 7) is 1.71. The standard InChI is InChI=1S/C21H24FNO4/c1-25-18-8-5-16(13-19(18)26-2)21(9-11-27-12-10-21)14-23-20(24)15-3-6-17(22)7-4-15/h3-8,13H,9-12,14H2,1-2H3,(H,23,24). The molecule has 1 N–H and O–H groups in total. The molecule has 0 radical (unpaired) electrons. The molecule has 0 saturated carbocycles. The Morgan fingerprint density at radius 3 is 2.37 bits per heavy atom. The molecular formula is C21H24FNO4. The maximum absolute atomic E-state index is 13.1. The molecule has 144 valence electrons. The van der Waals surface area contributed by atoms with Crippen LogP contribution < -0.4 is 14.8 Å². The van der Waals surface area contributed by atoms with Gasteiger partial charge >= 0.3 is 0 Å². The highest BCUT2D eigenvalue weighted by atomic mass is 19.1. The van der Waals surface area contributed by atoms with Crippen molar-refractivity contribution in [1.82, 2.24) is 5.32 Å². The molecule has 0 atom stereocenters. The van der Waals surface area contributed by atoms with E-state index in [0.29, 0.717) is 36.8 Å². The van der Waals surface area contributed by atoms with E-state index in [0.717, 1.165) is 18.4 Å². The molecule has 2 aromatic carbocycles. The Kier molecular flexibility index (Phi) is 5.96. The molecule has 2 aromatic rings. The Morgan fingerprint density at radius 1 is 1.07 bits per heavy atom. The fraction of sp³-hybridized carbons (Fsp3) is 0.381. The van der Waals surface area contributed by atoms with Crippen LogP contribution in [0.5, 0.6) is 11.5 Å². The van der Waals surface area contributed by atoms with E-state index in [1.54, 1.807) is 14.2 Å². The lowest BCUT2D eigenvalue weighted by molar-refractivity contribution is 0.0486. The molecule has 6 heteroatoms. The third kappa shape index (κ3) is 4.22. The maximum Gasteiger partial charge on any atom is 0.251 e. The van der Waals surface area contributed by atoms with E-state index in [1.165, 1.54) is 24.3 Å². The number of rotatable bonds is 6. The van der Waals surface area contributed by atoms with Crippen LogP contribution in [0.2, 0.25) is 0 Å². The van der Waals surface area contributed by atoms with Crippen molar-refractivity contribution >= 4 is 5.91 Å². The second kappa shape index (κ2) is 8.39. The largest absolute Gasteiger partial charge is 0.493 e. The van der Waals surface area contributed by atoms with Gasteiger partial charge in [0.25, 0.3) is 5.91 Å². The molecular weight excluding hydrogens is 349 g/mol. The van der Waals surface area contributed by atoms with Gasteiger partial charge in [0.05, 0.1) is 14.2 Å². The number of benzene rings is 2. The van der Waals surface area contributed by atoms with Gasteiger partial charge in [0.2, 0.25) is 0 Å². The van der Waals surface area contributed by atoms with Gasteiger partial charge in [-0.1, -0.05) is 6.07 Å². The molecule has 0 bridgehead atoms. The van der Waals surface area contributed by atoms with Crippen molar-refractivity contribution in [2.24, 2.45) is 0 Å². The fourth-order valence-corrected chi connectivity index (χ4v) is 3.45. The average Bonchev–Trinajstić information content (AvgIpc) is 2.72. The summed E-state index contributed by atoms with van der Waals surface area (Å²) in [4.78, 5) is 12.5. The Bertz CT molecular complexity index is 785. The zero-order chi connectivity index (χ0) is 19.3. The number of carbonyl (C=O) groups is 1. The van der Waals surface area contributed by atoms with E-state index in [9.17, 15) is 9.18 Å². The lowest BCUT2D eigenvalue weighted by atomic mass is 9.74. The van der Waals surface area contributed by atoms with Crippen molar-refractivity contribution in [3.8, 4) is 11.5 Å². The maximum atomic E-state index is 13.1. The summed E-state index contributed by atoms with van der Waals surface area (Å²) in [5.41, 5.74) is 1.25. The molecule has 1 fully saturated rings. The quantitative estimate of drug-likeness (QED) is 0.844. The molecule has 3 rings (SSSR count). The highest BCUT2D eigenvalue weighted by Gasteiger charge is 2.35. The van der Waals surface area contributed by atoms with Crippen LogP contribution in [0.3, 0.4) is 0 Å². The number of methoxy groups -OCH3 is 2. The van der Waals surface area contributed by atoms with E-state index < -0.39 is 0 Å². The van der Waals surface area contributed by atoms with Crippen molar-refractivity contribution in [1.29, 1.82) is 0 Å². The second-order valence-corrected chi connectivity index (χ2v) is 6.65. The number of carbonyl (C=O) groups excluding carboxylic acids is 1. The first-order valence-electron chi connectivity index (χ1n) is 8.92. The van der Waals surface area contributed by atoms with E-state index in [-0.39, 0.29) is 17.1 Å². The lowest BCUT2D eigenvalue weighted by Gasteiger charge is -2.38. The number of ether oxygens (including phenoxy) is 3. The van der Waals surface area contributed by atoms with Crippen molar-refractivity contribution in [3.05, 3.63) is 59.4 Å². The number of nitrogens with one attached hydrogen (secondary N) is 1. The number of hydrogen-bond donors (Lipinski definition) is 1. The first kappa shape index (κ1) is 19.2. The number of amides is 1. The van der Waals surface area contributed by atoms with Crippen LogP contribution >= 0.6 is 0 Å². The second-order valence-electron chi connectivity index (χ2n) is 6.65. The Labute approximate surface area is 158 Å². The van der Waals surface area contributed by atoms with Gasteiger partial charge in [-0.25, -0.2) is 4.39 Å². The van der Waals surface area contributed by atoms with Gasteiger partial charge < -0.3 is 19.5 Å². The first-order valence-corrected chi connectivity index (χ1v) is 8.92. The Morgan fingerprint density at radius 2 is 1.74 bits per heavy atom. The molecule has 1 amide bonds. The first-order chi connectivity index (χ1) is 13.1. The van der Waals surface area contributed by atoms with Gasteiger partial charge in [0.1, 0.15) is 5.82 Å². The van der Waals surface area contributed by atoms with Crippen LogP contribution in [0.15, 0.2) is 42.5 Å². The van der Waals surface area contributed by atoms with Crippen LogP contribution in [0.1, 0.15) is 28.8 Å². The van der Waals surface area contributed by atoms with E-state index in [2.05, 4.69) is 5.32 Å². The van der Waals surface area contributed by atoms with Gasteiger partial charge in [-0.2, -0.15) is 0 Å². The third-order valence-electron chi connectivity index (χ3n) is 5.14. The summed E-state index contributed by atoms with van der Waals surface area (Å²) in [6, 6.07) is 11.4. The summed E-state index contributed by atoms with van der Waals surface area (Å²) in [5, 5.41) is 3.00. The van der Waals surface area contributed by atoms with Crippen LogP contribution in [-0.4, -0.2) is 39.9 Å². The molecule has 1 heterocycles. The van der Waals surface area contributed by atoms with Gasteiger partial charge in [-0.05, 0) is 54.8 Å². The van der Waals surface area contributed by atoms with Crippen LogP contribution in [0.4, 0.5) is 4.39 Å². The summed E-state index contributed by atoms with van der Waals surface area (Å²) < 4.78 is 29.4. The highest BCUT2D eigenvalue weighted by Crippen LogP contribution is 2.38. The predicted octanol–water partition coefficient (Wildman–Crippen LogP) is 3.32. The minimum absolute atomic E-state index is 0.221. The summed E-state index contributed by atoms with van der Waals surface area (Å²) in [7, 11) is 3.21. The molecule has 1 saturated heterocycles. The van der Waals surface area contributed by atoms with Crippen molar-refractivity contribution in [3.63, 3.8) is 0 Å². The number of halogens is 1. The highest BCUT2D eigenvalue weighted by molar-refractivity contribution is 5.94. The molecule has 0 aliphatic carbocycles. The zero-order valence-electron chi connectivity index (χ0n) is 15.6. The SMILES string of the molecule is COc1ccc(C2(CNC(=O)c3ccc(F)cc3)CCOCC2)cc1OC. The summed E-state index contributed by atoms with van der Waals surface area (Å²) in [5.74, 6) is 0.739. The van der Waals surface area contributed by atoms with Gasteiger partial charge in [-0.3, -0.25) is 4.79 Å². The van der Waals surface area contributed by atoms with Gasteiger partial charge in [-0.15, -0.1) is 0 Å². The Hall–Kier alpha value is -2.60. The van der Waals surface area contributed by atoms with Gasteiger partial charge in [0.15, 0.2) is 11.5 Å². The monoisotopic (exact) mass is 373 g/mol. The minimum atomic E-state index is -0.363. The van der Waals surface area contributed by atoms with Crippen molar-refractivity contribution in [2.75, 3.05) is 34.0 Å². The molecule has 0 aromatic heterocycles. The normalized spacial score (nSPS) is 15.8. The molecule has 1 aliphatic rings. The van der Waals surface area contributed by atoms with Crippen molar-refractivity contribution in [2.45, 2.75) is 18.3 Å². The average molecular weight is 373 g/mol. The zero-order valence-corrected chi connectivity index (χ0v) is 15.6. The minimum Gasteiger partial charge on any atom is -0.493 e. The van der Waals surface area contributed by atoms with E-state index >= 15 is 0 Å². The third-order valence-corrected chi connectivity index (χ3v) is 5.14. The smallest absolute Gasteiger partial charge is 0.251 e. The number of hydrogen-bond acceptors (Lipinski definition) is 4. The Balaban J connectivity index is 1.82. The predicted molar refractivity (Wildman–Crippen MR) is 100 cm³/mol. The molecule has 5 nitrogen and oxygen atoms in total. The van der Waals surface area contributed by atoms with Gasteiger partial charge in [0, 0.05) is 30.7 Å². The fourth-order valence-electron chi connectivity index (χ4n) is 3.45. The lowest BCUT2D eigenvalue weighted by Crippen LogP contribution is -2.44. The molecule has 0 unspecified atom stereocenters. The van der Waals surface area contributed by atoms with Crippen LogP contribution in [-0.2, 0) is 10.2 Å².